The van der Waals surface area contributed by atoms with E-state index in [-0.39, 0.29) is 12.4 Å². The summed E-state index contributed by atoms with van der Waals surface area (Å²) in [4.78, 5) is 4.20. The highest BCUT2D eigenvalue weighted by atomic mass is 35.5. The number of anilines is 1. The lowest BCUT2D eigenvalue weighted by molar-refractivity contribution is 0.415. The van der Waals surface area contributed by atoms with Crippen LogP contribution in [0.1, 0.15) is 0 Å². The van der Waals surface area contributed by atoms with E-state index in [0.717, 1.165) is 13.1 Å². The topological polar surface area (TPSA) is 45.6 Å². The molecule has 0 aromatic heterocycles. The van der Waals surface area contributed by atoms with E-state index in [2.05, 4.69) is 15.6 Å². The van der Waals surface area contributed by atoms with Crippen LogP contribution in [0.2, 0.25) is 10.0 Å². The van der Waals surface area contributed by atoms with Crippen LogP contribution < -0.4 is 15.4 Å². The maximum absolute atomic E-state index is 6.08. The zero-order valence-corrected chi connectivity index (χ0v) is 11.4. The molecule has 94 valence electrons. The Morgan fingerprint density at radius 1 is 1.35 bits per heavy atom. The SMILES string of the molecule is COc1cc(Cl)c(NC2=NCCN2)c(Cl)c1.Cl. The molecule has 1 heterocycles. The molecule has 1 aliphatic rings. The standard InChI is InChI=1S/C10H11Cl2N3O.ClH/c1-16-6-4-7(11)9(8(12)5-6)15-10-13-2-3-14-10;/h4-5H,2-3H2,1H3,(H2,13,14,15);1H. The molecule has 17 heavy (non-hydrogen) atoms. The summed E-state index contributed by atoms with van der Waals surface area (Å²) >= 11 is 12.2. The predicted octanol–water partition coefficient (Wildman–Crippen LogP) is 2.79. The van der Waals surface area contributed by atoms with Gasteiger partial charge >= 0.3 is 0 Å². The molecule has 0 unspecified atom stereocenters. The normalized spacial score (nSPS) is 13.5. The highest BCUT2D eigenvalue weighted by Gasteiger charge is 2.12. The first-order valence-corrected chi connectivity index (χ1v) is 5.54. The number of halogens is 3. The van der Waals surface area contributed by atoms with Gasteiger partial charge in [-0.25, -0.2) is 0 Å². The van der Waals surface area contributed by atoms with Crippen molar-refractivity contribution in [1.29, 1.82) is 0 Å². The van der Waals surface area contributed by atoms with Crippen molar-refractivity contribution in [3.05, 3.63) is 22.2 Å². The van der Waals surface area contributed by atoms with Crippen molar-refractivity contribution in [2.45, 2.75) is 0 Å². The molecule has 1 aromatic carbocycles. The molecule has 0 spiro atoms. The van der Waals surface area contributed by atoms with Gasteiger partial charge < -0.3 is 15.4 Å². The maximum atomic E-state index is 6.08. The zero-order valence-electron chi connectivity index (χ0n) is 9.09. The second-order valence-electron chi connectivity index (χ2n) is 3.25. The number of nitrogens with one attached hydrogen (secondary N) is 2. The number of hydrogen-bond acceptors (Lipinski definition) is 4. The molecule has 0 fully saturated rings. The summed E-state index contributed by atoms with van der Waals surface area (Å²) in [5.74, 6) is 1.32. The second kappa shape index (κ2) is 6.19. The van der Waals surface area contributed by atoms with Crippen molar-refractivity contribution in [3.8, 4) is 5.75 Å². The summed E-state index contributed by atoms with van der Waals surface area (Å²) in [6.07, 6.45) is 0. The van der Waals surface area contributed by atoms with Gasteiger partial charge in [0.25, 0.3) is 0 Å². The lowest BCUT2D eigenvalue weighted by atomic mass is 10.3. The van der Waals surface area contributed by atoms with Gasteiger partial charge in [-0.1, -0.05) is 23.2 Å². The van der Waals surface area contributed by atoms with Gasteiger partial charge in [0.2, 0.25) is 0 Å². The molecule has 0 aliphatic carbocycles. The minimum atomic E-state index is 0. The van der Waals surface area contributed by atoms with Crippen LogP contribution in [0.25, 0.3) is 0 Å². The fourth-order valence-electron chi connectivity index (χ4n) is 1.39. The molecule has 7 heteroatoms. The van der Waals surface area contributed by atoms with Gasteiger partial charge in [0.15, 0.2) is 5.96 Å². The minimum Gasteiger partial charge on any atom is -0.497 e. The van der Waals surface area contributed by atoms with Crippen LogP contribution in [0.3, 0.4) is 0 Å². The van der Waals surface area contributed by atoms with Crippen LogP contribution in [0.4, 0.5) is 5.69 Å². The molecule has 0 atom stereocenters. The second-order valence-corrected chi connectivity index (χ2v) is 4.06. The lowest BCUT2D eigenvalue weighted by Gasteiger charge is -2.11. The Labute approximate surface area is 116 Å². The van der Waals surface area contributed by atoms with Crippen LogP contribution in [0.15, 0.2) is 17.1 Å². The summed E-state index contributed by atoms with van der Waals surface area (Å²) in [5.41, 5.74) is 0.636. The molecule has 2 N–H and O–H groups in total. The van der Waals surface area contributed by atoms with Crippen molar-refractivity contribution in [1.82, 2.24) is 5.32 Å². The van der Waals surface area contributed by atoms with Crippen molar-refractivity contribution in [2.75, 3.05) is 25.5 Å². The molecule has 1 aliphatic heterocycles. The summed E-state index contributed by atoms with van der Waals surface area (Å²) < 4.78 is 5.06. The van der Waals surface area contributed by atoms with Crippen molar-refractivity contribution in [2.24, 2.45) is 4.99 Å². The molecule has 1 aromatic rings. The maximum Gasteiger partial charge on any atom is 0.196 e. The zero-order chi connectivity index (χ0) is 11.5. The summed E-state index contributed by atoms with van der Waals surface area (Å²) in [7, 11) is 1.57. The van der Waals surface area contributed by atoms with Crippen LogP contribution in [-0.2, 0) is 0 Å². The Balaban J connectivity index is 0.00000144. The quantitative estimate of drug-likeness (QED) is 0.882. The first-order valence-electron chi connectivity index (χ1n) is 4.79. The van der Waals surface area contributed by atoms with E-state index in [9.17, 15) is 0 Å². The number of aliphatic imine (C=N–C) groups is 1. The average molecular weight is 297 g/mol. The van der Waals surface area contributed by atoms with Crippen molar-refractivity contribution >= 4 is 47.3 Å². The third-order valence-electron chi connectivity index (χ3n) is 2.17. The number of ether oxygens (including phenoxy) is 1. The first-order chi connectivity index (χ1) is 7.70. The number of guanidine groups is 1. The van der Waals surface area contributed by atoms with E-state index in [1.54, 1.807) is 19.2 Å². The Bertz CT molecular complexity index is 414. The van der Waals surface area contributed by atoms with E-state index < -0.39 is 0 Å². The van der Waals surface area contributed by atoms with Gasteiger partial charge in [-0.2, -0.15) is 0 Å². The van der Waals surface area contributed by atoms with Crippen molar-refractivity contribution < 1.29 is 4.74 Å². The lowest BCUT2D eigenvalue weighted by Crippen LogP contribution is -2.26. The fourth-order valence-corrected chi connectivity index (χ4v) is 1.95. The molecule has 4 nitrogen and oxygen atoms in total. The largest absolute Gasteiger partial charge is 0.497 e. The monoisotopic (exact) mass is 295 g/mol. The smallest absolute Gasteiger partial charge is 0.196 e. The molecular formula is C10H12Cl3N3O. The van der Waals surface area contributed by atoms with Gasteiger partial charge in [-0.15, -0.1) is 12.4 Å². The van der Waals surface area contributed by atoms with E-state index in [0.29, 0.717) is 27.4 Å². The first kappa shape index (κ1) is 14.2. The molecular weight excluding hydrogens is 284 g/mol. The number of methoxy groups -OCH3 is 1. The highest BCUT2D eigenvalue weighted by molar-refractivity contribution is 6.40. The van der Waals surface area contributed by atoms with Gasteiger partial charge in [0.1, 0.15) is 5.75 Å². The van der Waals surface area contributed by atoms with Gasteiger partial charge in [0.05, 0.1) is 29.4 Å². The van der Waals surface area contributed by atoms with Crippen molar-refractivity contribution in [3.63, 3.8) is 0 Å². The summed E-state index contributed by atoms with van der Waals surface area (Å²) in [6, 6.07) is 3.40. The molecule has 0 saturated heterocycles. The molecule has 0 amide bonds. The summed E-state index contributed by atoms with van der Waals surface area (Å²) in [5, 5.41) is 7.13. The predicted molar refractivity (Wildman–Crippen MR) is 74.2 cm³/mol. The Morgan fingerprint density at radius 2 is 2.00 bits per heavy atom. The van der Waals surface area contributed by atoms with Crippen LogP contribution >= 0.6 is 35.6 Å². The van der Waals surface area contributed by atoms with Gasteiger partial charge in [0, 0.05) is 18.7 Å². The number of hydrogen-bond donors (Lipinski definition) is 2. The third-order valence-corrected chi connectivity index (χ3v) is 2.77. The Morgan fingerprint density at radius 3 is 2.47 bits per heavy atom. The number of rotatable bonds is 2. The number of nitrogens with zero attached hydrogens (tertiary/aromatic N) is 1. The Hall–Kier alpha value is -0.840. The van der Waals surface area contributed by atoms with Crippen LogP contribution in [0, 0.1) is 0 Å². The average Bonchev–Trinajstić information content (AvgIpc) is 2.75. The third kappa shape index (κ3) is 3.31. The highest BCUT2D eigenvalue weighted by Crippen LogP contribution is 2.34. The number of benzene rings is 1. The van der Waals surface area contributed by atoms with E-state index in [1.165, 1.54) is 0 Å². The molecule has 0 bridgehead atoms. The van der Waals surface area contributed by atoms with E-state index in [1.807, 2.05) is 0 Å². The van der Waals surface area contributed by atoms with Gasteiger partial charge in [-0.3, -0.25) is 4.99 Å². The molecule has 0 radical (unpaired) electrons. The summed E-state index contributed by atoms with van der Waals surface area (Å²) in [6.45, 7) is 1.58. The van der Waals surface area contributed by atoms with Crippen LogP contribution in [-0.4, -0.2) is 26.2 Å². The Kier molecular flexibility index (Phi) is 5.18. The molecule has 0 saturated carbocycles. The van der Waals surface area contributed by atoms with E-state index >= 15 is 0 Å². The van der Waals surface area contributed by atoms with Gasteiger partial charge in [-0.05, 0) is 0 Å². The molecule has 2 rings (SSSR count). The fraction of sp³-hybridized carbons (Fsp3) is 0.300. The van der Waals surface area contributed by atoms with Crippen LogP contribution in [0.5, 0.6) is 5.75 Å². The van der Waals surface area contributed by atoms with E-state index in [4.69, 9.17) is 27.9 Å². The minimum absolute atomic E-state index is 0.